The fraction of sp³-hybridized carbons (Fsp3) is 0.250. The van der Waals surface area contributed by atoms with Crippen molar-refractivity contribution in [3.63, 3.8) is 0 Å². The maximum atomic E-state index is 11.0. The third-order valence-corrected chi connectivity index (χ3v) is 2.55. The number of para-hydroxylation sites is 1. The van der Waals surface area contributed by atoms with E-state index in [9.17, 15) is 10.1 Å². The molecule has 18 heavy (non-hydrogen) atoms. The van der Waals surface area contributed by atoms with E-state index in [0.717, 1.165) is 5.69 Å². The molecule has 2 rings (SSSR count). The van der Waals surface area contributed by atoms with Gasteiger partial charge in [-0.2, -0.15) is 0 Å². The second-order valence-corrected chi connectivity index (χ2v) is 4.02. The van der Waals surface area contributed by atoms with Crippen molar-refractivity contribution < 1.29 is 9.45 Å². The number of anilines is 1. The number of rotatable bonds is 4. The second kappa shape index (κ2) is 4.87. The molecule has 0 fully saturated rings. The van der Waals surface area contributed by atoms with Crippen LogP contribution in [-0.2, 0) is 6.54 Å². The lowest BCUT2D eigenvalue weighted by Crippen LogP contribution is -2.03. The fourth-order valence-corrected chi connectivity index (χ4v) is 1.73. The zero-order chi connectivity index (χ0) is 13.1. The molecule has 6 nitrogen and oxygen atoms in total. The highest BCUT2D eigenvalue weighted by Gasteiger charge is 2.16. The van der Waals surface area contributed by atoms with E-state index in [4.69, 9.17) is 4.52 Å². The summed E-state index contributed by atoms with van der Waals surface area (Å²) in [6.07, 6.45) is 0. The first kappa shape index (κ1) is 12.1. The molecule has 0 aliphatic carbocycles. The number of aromatic nitrogens is 1. The molecule has 0 bridgehead atoms. The van der Waals surface area contributed by atoms with Crippen molar-refractivity contribution in [3.05, 3.63) is 51.4 Å². The lowest BCUT2D eigenvalue weighted by atomic mass is 10.1. The minimum atomic E-state index is -0.386. The molecular weight excluding hydrogens is 234 g/mol. The summed E-state index contributed by atoms with van der Waals surface area (Å²) in [5.41, 5.74) is 1.98. The van der Waals surface area contributed by atoms with Crippen molar-refractivity contribution in [2.24, 2.45) is 0 Å². The number of nitro benzene ring substituents is 1. The van der Waals surface area contributed by atoms with E-state index in [1.807, 2.05) is 6.92 Å². The number of hydrogen-bond donors (Lipinski definition) is 1. The van der Waals surface area contributed by atoms with E-state index in [1.165, 1.54) is 0 Å². The zero-order valence-electron chi connectivity index (χ0n) is 10.1. The molecule has 0 spiro atoms. The van der Waals surface area contributed by atoms with Gasteiger partial charge in [-0.05, 0) is 19.9 Å². The van der Waals surface area contributed by atoms with Crippen LogP contribution in [0.3, 0.4) is 0 Å². The quantitative estimate of drug-likeness (QED) is 0.663. The SMILES string of the molecule is Cc1cc(CNc2cccc(C)c2[N+](=O)[O-])on1. The smallest absolute Gasteiger partial charge is 0.295 e. The summed E-state index contributed by atoms with van der Waals surface area (Å²) < 4.78 is 5.03. The molecule has 1 N–H and O–H groups in total. The van der Waals surface area contributed by atoms with E-state index in [-0.39, 0.29) is 10.6 Å². The number of nitrogens with one attached hydrogen (secondary N) is 1. The van der Waals surface area contributed by atoms with Crippen LogP contribution in [0.1, 0.15) is 17.0 Å². The molecule has 0 aliphatic rings. The number of nitro groups is 1. The van der Waals surface area contributed by atoms with E-state index >= 15 is 0 Å². The van der Waals surface area contributed by atoms with E-state index in [0.29, 0.717) is 23.6 Å². The van der Waals surface area contributed by atoms with Gasteiger partial charge in [0, 0.05) is 11.6 Å². The topological polar surface area (TPSA) is 81.2 Å². The van der Waals surface area contributed by atoms with Crippen molar-refractivity contribution in [2.75, 3.05) is 5.32 Å². The maximum Gasteiger partial charge on any atom is 0.295 e. The Kier molecular flexibility index (Phi) is 3.27. The van der Waals surface area contributed by atoms with Crippen molar-refractivity contribution in [3.8, 4) is 0 Å². The van der Waals surface area contributed by atoms with E-state index in [1.54, 1.807) is 31.2 Å². The molecule has 0 saturated heterocycles. The number of nitrogens with zero attached hydrogens (tertiary/aromatic N) is 2. The van der Waals surface area contributed by atoms with Gasteiger partial charge in [0.25, 0.3) is 5.69 Å². The largest absolute Gasteiger partial charge is 0.372 e. The molecule has 0 saturated carbocycles. The van der Waals surface area contributed by atoms with Crippen LogP contribution in [0.25, 0.3) is 0 Å². The van der Waals surface area contributed by atoms with Gasteiger partial charge in [0.05, 0.1) is 17.2 Å². The molecule has 1 aromatic carbocycles. The standard InChI is InChI=1S/C12H13N3O3/c1-8-4-3-5-11(12(8)15(16)17)13-7-10-6-9(2)14-18-10/h3-6,13H,7H2,1-2H3. The van der Waals surface area contributed by atoms with Gasteiger partial charge in [0.1, 0.15) is 5.69 Å². The first-order valence-electron chi connectivity index (χ1n) is 5.48. The van der Waals surface area contributed by atoms with Crippen molar-refractivity contribution >= 4 is 11.4 Å². The molecular formula is C12H13N3O3. The Bertz CT molecular complexity index is 578. The molecule has 2 aromatic rings. The minimum absolute atomic E-state index is 0.0914. The lowest BCUT2D eigenvalue weighted by molar-refractivity contribution is -0.384. The Morgan fingerprint density at radius 1 is 1.44 bits per heavy atom. The summed E-state index contributed by atoms with van der Waals surface area (Å²) in [4.78, 5) is 10.6. The van der Waals surface area contributed by atoms with Gasteiger partial charge in [-0.3, -0.25) is 10.1 Å². The van der Waals surface area contributed by atoms with Crippen LogP contribution in [-0.4, -0.2) is 10.1 Å². The molecule has 1 heterocycles. The molecule has 0 radical (unpaired) electrons. The van der Waals surface area contributed by atoms with Gasteiger partial charge in [-0.15, -0.1) is 0 Å². The fourth-order valence-electron chi connectivity index (χ4n) is 1.73. The van der Waals surface area contributed by atoms with Gasteiger partial charge in [-0.25, -0.2) is 0 Å². The molecule has 0 atom stereocenters. The number of aryl methyl sites for hydroxylation is 2. The Morgan fingerprint density at radius 2 is 2.22 bits per heavy atom. The van der Waals surface area contributed by atoms with Crippen LogP contribution in [0.5, 0.6) is 0 Å². The molecule has 1 aromatic heterocycles. The van der Waals surface area contributed by atoms with Crippen molar-refractivity contribution in [1.82, 2.24) is 5.16 Å². The molecule has 6 heteroatoms. The average Bonchev–Trinajstić information content (AvgIpc) is 2.72. The van der Waals surface area contributed by atoms with Crippen LogP contribution >= 0.6 is 0 Å². The van der Waals surface area contributed by atoms with Crippen molar-refractivity contribution in [1.29, 1.82) is 0 Å². The van der Waals surface area contributed by atoms with Gasteiger partial charge < -0.3 is 9.84 Å². The number of benzene rings is 1. The van der Waals surface area contributed by atoms with Gasteiger partial charge in [0.2, 0.25) is 0 Å². The van der Waals surface area contributed by atoms with Crippen LogP contribution in [0, 0.1) is 24.0 Å². The highest BCUT2D eigenvalue weighted by Crippen LogP contribution is 2.28. The molecule has 0 unspecified atom stereocenters. The first-order valence-corrected chi connectivity index (χ1v) is 5.48. The minimum Gasteiger partial charge on any atom is -0.372 e. The third kappa shape index (κ3) is 2.48. The summed E-state index contributed by atoms with van der Waals surface area (Å²) >= 11 is 0. The predicted octanol–water partition coefficient (Wildman–Crippen LogP) is 2.81. The van der Waals surface area contributed by atoms with Crippen LogP contribution in [0.15, 0.2) is 28.8 Å². The monoisotopic (exact) mass is 247 g/mol. The van der Waals surface area contributed by atoms with E-state index < -0.39 is 0 Å². The van der Waals surface area contributed by atoms with Gasteiger partial charge in [0.15, 0.2) is 5.76 Å². The maximum absolute atomic E-state index is 11.0. The van der Waals surface area contributed by atoms with Crippen LogP contribution < -0.4 is 5.32 Å². The zero-order valence-corrected chi connectivity index (χ0v) is 10.1. The second-order valence-electron chi connectivity index (χ2n) is 4.02. The molecule has 0 amide bonds. The third-order valence-electron chi connectivity index (χ3n) is 2.55. The summed E-state index contributed by atoms with van der Waals surface area (Å²) in [6, 6.07) is 6.95. The Labute approximate surface area is 104 Å². The van der Waals surface area contributed by atoms with Crippen LogP contribution in [0.4, 0.5) is 11.4 Å². The molecule has 94 valence electrons. The molecule has 0 aliphatic heterocycles. The summed E-state index contributed by atoms with van der Waals surface area (Å²) in [7, 11) is 0. The predicted molar refractivity (Wildman–Crippen MR) is 66.4 cm³/mol. The first-order chi connectivity index (χ1) is 8.58. The summed E-state index contributed by atoms with van der Waals surface area (Å²) in [5.74, 6) is 0.642. The average molecular weight is 247 g/mol. The highest BCUT2D eigenvalue weighted by molar-refractivity contribution is 5.64. The lowest BCUT2D eigenvalue weighted by Gasteiger charge is -2.06. The summed E-state index contributed by atoms with van der Waals surface area (Å²) in [6.45, 7) is 3.90. The van der Waals surface area contributed by atoms with Crippen LogP contribution in [0.2, 0.25) is 0 Å². The van der Waals surface area contributed by atoms with Gasteiger partial charge in [-0.1, -0.05) is 17.3 Å². The highest BCUT2D eigenvalue weighted by atomic mass is 16.6. The Hall–Kier alpha value is -2.37. The Morgan fingerprint density at radius 3 is 2.83 bits per heavy atom. The normalized spacial score (nSPS) is 10.3. The number of hydrogen-bond acceptors (Lipinski definition) is 5. The summed E-state index contributed by atoms with van der Waals surface area (Å²) in [5, 5.41) is 17.7. The Balaban J connectivity index is 2.19. The van der Waals surface area contributed by atoms with Gasteiger partial charge >= 0.3 is 0 Å². The van der Waals surface area contributed by atoms with E-state index in [2.05, 4.69) is 10.5 Å². The van der Waals surface area contributed by atoms with Crippen molar-refractivity contribution in [2.45, 2.75) is 20.4 Å².